The van der Waals surface area contributed by atoms with Crippen LogP contribution in [0, 0.1) is 16.0 Å². The van der Waals surface area contributed by atoms with E-state index in [4.69, 9.17) is 5.73 Å². The van der Waals surface area contributed by atoms with Gasteiger partial charge in [-0.25, -0.2) is 0 Å². The Balaban J connectivity index is 2.13. The first kappa shape index (κ1) is 12.3. The molecule has 0 unspecified atom stereocenters. The van der Waals surface area contributed by atoms with Gasteiger partial charge in [-0.3, -0.25) is 14.9 Å². The zero-order valence-electron chi connectivity index (χ0n) is 9.89. The van der Waals surface area contributed by atoms with Gasteiger partial charge in [-0.2, -0.15) is 0 Å². The molecule has 0 spiro atoms. The van der Waals surface area contributed by atoms with E-state index >= 15 is 0 Å². The fourth-order valence-corrected chi connectivity index (χ4v) is 1.98. The van der Waals surface area contributed by atoms with Crippen LogP contribution in [0.15, 0.2) is 18.2 Å². The molecule has 1 amide bonds. The Labute approximate surface area is 104 Å². The first-order valence-electron chi connectivity index (χ1n) is 5.90. The van der Waals surface area contributed by atoms with Crippen LogP contribution < -0.4 is 11.1 Å². The molecule has 1 aliphatic carbocycles. The summed E-state index contributed by atoms with van der Waals surface area (Å²) in [5, 5.41) is 13.6. The van der Waals surface area contributed by atoms with Crippen molar-refractivity contribution in [3.63, 3.8) is 0 Å². The van der Waals surface area contributed by atoms with Crippen LogP contribution in [0.25, 0.3) is 0 Å². The van der Waals surface area contributed by atoms with Crippen LogP contribution in [0.4, 0.5) is 11.4 Å². The molecule has 0 saturated heterocycles. The van der Waals surface area contributed by atoms with Gasteiger partial charge in [0.25, 0.3) is 5.91 Å². The summed E-state index contributed by atoms with van der Waals surface area (Å²) in [5.74, 6) is 0.0787. The first-order valence-corrected chi connectivity index (χ1v) is 5.90. The largest absolute Gasteiger partial charge is 0.393 e. The van der Waals surface area contributed by atoms with Crippen LogP contribution in [0.2, 0.25) is 0 Å². The quantitative estimate of drug-likeness (QED) is 0.482. The molecule has 0 bridgehead atoms. The van der Waals surface area contributed by atoms with E-state index in [0.29, 0.717) is 12.5 Å². The average molecular weight is 249 g/mol. The molecule has 1 aliphatic rings. The fraction of sp³-hybridized carbons (Fsp3) is 0.417. The number of carbonyl (C=O) groups is 1. The summed E-state index contributed by atoms with van der Waals surface area (Å²) in [6.07, 6.45) is 3.41. The first-order chi connectivity index (χ1) is 8.59. The number of anilines is 1. The Morgan fingerprint density at radius 2 is 2.22 bits per heavy atom. The minimum absolute atomic E-state index is 0.0105. The lowest BCUT2D eigenvalue weighted by Gasteiger charge is -2.25. The number of benzene rings is 1. The van der Waals surface area contributed by atoms with Crippen molar-refractivity contribution < 1.29 is 9.72 Å². The van der Waals surface area contributed by atoms with Crippen LogP contribution in [0.5, 0.6) is 0 Å². The normalized spacial score (nSPS) is 14.9. The number of rotatable bonds is 4. The molecule has 0 radical (unpaired) electrons. The molecule has 1 aromatic rings. The molecule has 6 heteroatoms. The van der Waals surface area contributed by atoms with Crippen molar-refractivity contribution in [2.45, 2.75) is 19.3 Å². The van der Waals surface area contributed by atoms with Crippen molar-refractivity contribution in [1.82, 2.24) is 5.32 Å². The van der Waals surface area contributed by atoms with Gasteiger partial charge in [0.15, 0.2) is 0 Å². The summed E-state index contributed by atoms with van der Waals surface area (Å²) in [7, 11) is 0. The molecule has 0 aromatic heterocycles. The molecule has 1 aromatic carbocycles. The lowest BCUT2D eigenvalue weighted by Crippen LogP contribution is -2.32. The fourth-order valence-electron chi connectivity index (χ4n) is 1.98. The van der Waals surface area contributed by atoms with Crippen LogP contribution in [0.1, 0.15) is 29.6 Å². The number of nitrogen functional groups attached to an aromatic ring is 1. The van der Waals surface area contributed by atoms with Gasteiger partial charge in [-0.15, -0.1) is 0 Å². The van der Waals surface area contributed by atoms with Crippen molar-refractivity contribution in [3.8, 4) is 0 Å². The number of hydrogen-bond acceptors (Lipinski definition) is 4. The molecule has 18 heavy (non-hydrogen) atoms. The third-order valence-corrected chi connectivity index (χ3v) is 3.27. The van der Waals surface area contributed by atoms with E-state index in [1.165, 1.54) is 18.6 Å². The number of nitro groups is 1. The van der Waals surface area contributed by atoms with Gasteiger partial charge in [0.2, 0.25) is 0 Å². The molecule has 0 heterocycles. The van der Waals surface area contributed by atoms with E-state index < -0.39 is 10.8 Å². The maximum atomic E-state index is 11.9. The van der Waals surface area contributed by atoms with E-state index in [0.717, 1.165) is 12.8 Å². The second-order valence-corrected chi connectivity index (χ2v) is 4.51. The smallest absolute Gasteiger partial charge is 0.304 e. The number of carbonyl (C=O) groups excluding carboxylic acids is 1. The van der Waals surface area contributed by atoms with Crippen molar-refractivity contribution in [2.75, 3.05) is 12.3 Å². The highest BCUT2D eigenvalue weighted by molar-refractivity contribution is 6.00. The Morgan fingerprint density at radius 1 is 1.50 bits per heavy atom. The highest BCUT2D eigenvalue weighted by atomic mass is 16.6. The number of nitrogens with two attached hydrogens (primary N) is 1. The third-order valence-electron chi connectivity index (χ3n) is 3.27. The SMILES string of the molecule is Nc1cccc(C(=O)NCC2CCC2)c1[N+](=O)[O-]. The Hall–Kier alpha value is -2.11. The lowest BCUT2D eigenvalue weighted by molar-refractivity contribution is -0.384. The molecule has 2 rings (SSSR count). The zero-order chi connectivity index (χ0) is 13.1. The summed E-state index contributed by atoms with van der Waals surface area (Å²) < 4.78 is 0. The van der Waals surface area contributed by atoms with Crippen molar-refractivity contribution in [2.24, 2.45) is 5.92 Å². The van der Waals surface area contributed by atoms with Gasteiger partial charge < -0.3 is 11.1 Å². The highest BCUT2D eigenvalue weighted by Crippen LogP contribution is 2.27. The van der Waals surface area contributed by atoms with E-state index in [9.17, 15) is 14.9 Å². The number of hydrogen-bond donors (Lipinski definition) is 2. The van der Waals surface area contributed by atoms with Crippen molar-refractivity contribution in [3.05, 3.63) is 33.9 Å². The monoisotopic (exact) mass is 249 g/mol. The molecule has 0 aliphatic heterocycles. The van der Waals surface area contributed by atoms with Crippen LogP contribution in [-0.2, 0) is 0 Å². The van der Waals surface area contributed by atoms with E-state index in [-0.39, 0.29) is 16.9 Å². The Morgan fingerprint density at radius 3 is 2.78 bits per heavy atom. The topological polar surface area (TPSA) is 98.3 Å². The predicted octanol–water partition coefficient (Wildman–Crippen LogP) is 1.71. The number of nitrogens with zero attached hydrogens (tertiary/aromatic N) is 1. The van der Waals surface area contributed by atoms with E-state index in [1.807, 2.05) is 0 Å². The summed E-state index contributed by atoms with van der Waals surface area (Å²) in [5.41, 5.74) is 5.25. The standard InChI is InChI=1S/C12H15N3O3/c13-10-6-2-5-9(11(10)15(17)18)12(16)14-7-8-3-1-4-8/h2,5-6,8H,1,3-4,7,13H2,(H,14,16). The second-order valence-electron chi connectivity index (χ2n) is 4.51. The van der Waals surface area contributed by atoms with E-state index in [2.05, 4.69) is 5.32 Å². The van der Waals surface area contributed by atoms with Gasteiger partial charge in [-0.05, 0) is 30.9 Å². The number of nitro benzene ring substituents is 1. The summed E-state index contributed by atoms with van der Waals surface area (Å²) in [6.45, 7) is 0.574. The third kappa shape index (κ3) is 2.42. The Kier molecular flexibility index (Phi) is 3.45. The molecule has 0 atom stereocenters. The van der Waals surface area contributed by atoms with Crippen LogP contribution >= 0.6 is 0 Å². The van der Waals surface area contributed by atoms with Crippen LogP contribution in [0.3, 0.4) is 0 Å². The van der Waals surface area contributed by atoms with E-state index in [1.54, 1.807) is 6.07 Å². The lowest BCUT2D eigenvalue weighted by atomic mass is 9.85. The number of amides is 1. The molecule has 96 valence electrons. The molecule has 3 N–H and O–H groups in total. The van der Waals surface area contributed by atoms with Gasteiger partial charge in [0.1, 0.15) is 11.3 Å². The van der Waals surface area contributed by atoms with Crippen LogP contribution in [-0.4, -0.2) is 17.4 Å². The maximum absolute atomic E-state index is 11.9. The molecule has 1 fully saturated rings. The van der Waals surface area contributed by atoms with Gasteiger partial charge in [0.05, 0.1) is 4.92 Å². The summed E-state index contributed by atoms with van der Waals surface area (Å²) >= 11 is 0. The highest BCUT2D eigenvalue weighted by Gasteiger charge is 2.24. The minimum atomic E-state index is -0.617. The van der Waals surface area contributed by atoms with Crippen molar-refractivity contribution >= 4 is 17.3 Å². The summed E-state index contributed by atoms with van der Waals surface area (Å²) in [6, 6.07) is 4.38. The molecular weight excluding hydrogens is 234 g/mol. The number of nitrogens with one attached hydrogen (secondary N) is 1. The molecule has 6 nitrogen and oxygen atoms in total. The van der Waals surface area contributed by atoms with Gasteiger partial charge in [0, 0.05) is 6.54 Å². The molecule has 1 saturated carbocycles. The van der Waals surface area contributed by atoms with Crippen molar-refractivity contribution in [1.29, 1.82) is 0 Å². The van der Waals surface area contributed by atoms with Gasteiger partial charge in [-0.1, -0.05) is 12.5 Å². The predicted molar refractivity (Wildman–Crippen MR) is 67.2 cm³/mol. The average Bonchev–Trinajstić information content (AvgIpc) is 2.25. The second kappa shape index (κ2) is 5.03. The zero-order valence-corrected chi connectivity index (χ0v) is 9.89. The summed E-state index contributed by atoms with van der Waals surface area (Å²) in [4.78, 5) is 22.2. The maximum Gasteiger partial charge on any atom is 0.304 e. The van der Waals surface area contributed by atoms with Gasteiger partial charge >= 0.3 is 5.69 Å². The number of para-hydroxylation sites is 1. The Bertz CT molecular complexity index is 483. The minimum Gasteiger partial charge on any atom is -0.393 e. The molecular formula is C12H15N3O3.